The number of nitrogens with one attached hydrogen (secondary N) is 2. The topological polar surface area (TPSA) is 106 Å². The summed E-state index contributed by atoms with van der Waals surface area (Å²) in [5, 5.41) is 6.68. The highest BCUT2D eigenvalue weighted by Gasteiger charge is 2.12. The molecule has 3 aromatic carbocycles. The first-order chi connectivity index (χ1) is 16.5. The molecule has 2 amide bonds. The highest BCUT2D eigenvalue weighted by atomic mass is 35.5. The van der Waals surface area contributed by atoms with E-state index >= 15 is 0 Å². The number of hydrazone groups is 1. The number of amides is 2. The van der Waals surface area contributed by atoms with Crippen LogP contribution in [-0.4, -0.2) is 37.1 Å². The number of rotatable bonds is 9. The predicted molar refractivity (Wildman–Crippen MR) is 129 cm³/mol. The Morgan fingerprint density at radius 2 is 1.62 bits per heavy atom. The highest BCUT2D eigenvalue weighted by molar-refractivity contribution is 6.33. The Bertz CT molecular complexity index is 1180. The number of halogens is 1. The number of benzene rings is 3. The lowest BCUT2D eigenvalue weighted by Gasteiger charge is -2.06. The van der Waals surface area contributed by atoms with Crippen LogP contribution in [-0.2, 0) is 4.79 Å². The molecule has 0 heterocycles. The number of nitrogens with zero attached hydrogens (tertiary/aromatic N) is 1. The average molecular weight is 480 g/mol. The lowest BCUT2D eigenvalue weighted by atomic mass is 10.2. The second-order valence-corrected chi connectivity index (χ2v) is 7.28. The first-order valence-electron chi connectivity index (χ1n) is 10.4. The van der Waals surface area contributed by atoms with Gasteiger partial charge in [-0.1, -0.05) is 23.7 Å². The van der Waals surface area contributed by atoms with Crippen LogP contribution in [0.5, 0.6) is 11.5 Å². The lowest BCUT2D eigenvalue weighted by molar-refractivity contribution is -0.120. The van der Waals surface area contributed by atoms with Gasteiger partial charge in [0, 0.05) is 5.56 Å². The fourth-order valence-electron chi connectivity index (χ4n) is 2.76. The Morgan fingerprint density at radius 3 is 2.29 bits per heavy atom. The maximum atomic E-state index is 12.2. The molecule has 3 rings (SSSR count). The molecule has 0 saturated heterocycles. The molecule has 2 N–H and O–H groups in total. The van der Waals surface area contributed by atoms with Crippen LogP contribution >= 0.6 is 11.6 Å². The molecular formula is C25H22ClN3O5. The summed E-state index contributed by atoms with van der Waals surface area (Å²) in [6.07, 6.45) is 1.42. The summed E-state index contributed by atoms with van der Waals surface area (Å²) < 4.78 is 10.6. The van der Waals surface area contributed by atoms with E-state index in [1.807, 2.05) is 6.92 Å². The minimum Gasteiger partial charge on any atom is -0.494 e. The third-order valence-corrected chi connectivity index (χ3v) is 4.75. The summed E-state index contributed by atoms with van der Waals surface area (Å²) in [5.74, 6) is -0.433. The largest absolute Gasteiger partial charge is 0.494 e. The Kier molecular flexibility index (Phi) is 8.76. The SMILES string of the molecule is CCOc1ccc(C(=O)NCC(=O)N/N=C\c2ccc(OC(=O)c3ccccc3Cl)cc2)cc1. The Labute approximate surface area is 201 Å². The molecule has 0 aliphatic heterocycles. The van der Waals surface area contributed by atoms with Crippen molar-refractivity contribution in [1.82, 2.24) is 10.7 Å². The normalized spacial score (nSPS) is 10.5. The molecule has 0 atom stereocenters. The third-order valence-electron chi connectivity index (χ3n) is 4.42. The molecule has 0 aromatic heterocycles. The lowest BCUT2D eigenvalue weighted by Crippen LogP contribution is -2.34. The molecule has 34 heavy (non-hydrogen) atoms. The van der Waals surface area contributed by atoms with Crippen LogP contribution in [0.25, 0.3) is 0 Å². The van der Waals surface area contributed by atoms with Gasteiger partial charge in [-0.25, -0.2) is 10.2 Å². The van der Waals surface area contributed by atoms with Crippen molar-refractivity contribution in [1.29, 1.82) is 0 Å². The highest BCUT2D eigenvalue weighted by Crippen LogP contribution is 2.19. The van der Waals surface area contributed by atoms with Crippen molar-refractivity contribution < 1.29 is 23.9 Å². The van der Waals surface area contributed by atoms with E-state index in [1.165, 1.54) is 6.21 Å². The number of carbonyl (C=O) groups is 3. The van der Waals surface area contributed by atoms with Gasteiger partial charge in [-0.3, -0.25) is 9.59 Å². The monoisotopic (exact) mass is 479 g/mol. The molecule has 0 unspecified atom stereocenters. The van der Waals surface area contributed by atoms with E-state index in [0.29, 0.717) is 34.3 Å². The Balaban J connectivity index is 1.44. The van der Waals surface area contributed by atoms with Crippen molar-refractivity contribution in [3.05, 3.63) is 94.5 Å². The van der Waals surface area contributed by atoms with Crippen LogP contribution < -0.4 is 20.2 Å². The van der Waals surface area contributed by atoms with Gasteiger partial charge in [0.25, 0.3) is 11.8 Å². The summed E-state index contributed by atoms with van der Waals surface area (Å²) in [7, 11) is 0. The number of esters is 1. The second-order valence-electron chi connectivity index (χ2n) is 6.87. The van der Waals surface area contributed by atoms with Gasteiger partial charge in [0.05, 0.1) is 30.0 Å². The van der Waals surface area contributed by atoms with E-state index in [1.54, 1.807) is 72.8 Å². The van der Waals surface area contributed by atoms with E-state index in [9.17, 15) is 14.4 Å². The molecule has 174 valence electrons. The molecule has 3 aromatic rings. The van der Waals surface area contributed by atoms with Gasteiger partial charge in [0.1, 0.15) is 11.5 Å². The molecule has 8 nitrogen and oxygen atoms in total. The summed E-state index contributed by atoms with van der Waals surface area (Å²) in [5.41, 5.74) is 3.68. The molecule has 0 aliphatic rings. The fraction of sp³-hybridized carbons (Fsp3) is 0.120. The van der Waals surface area contributed by atoms with Crippen molar-refractivity contribution in [3.63, 3.8) is 0 Å². The number of carbonyl (C=O) groups excluding carboxylic acids is 3. The first kappa shape index (κ1) is 24.5. The molecule has 0 aliphatic carbocycles. The van der Waals surface area contributed by atoms with Gasteiger partial charge < -0.3 is 14.8 Å². The van der Waals surface area contributed by atoms with Gasteiger partial charge in [-0.2, -0.15) is 5.10 Å². The quantitative estimate of drug-likeness (QED) is 0.210. The smallest absolute Gasteiger partial charge is 0.345 e. The van der Waals surface area contributed by atoms with E-state index < -0.39 is 11.9 Å². The third kappa shape index (κ3) is 7.18. The van der Waals surface area contributed by atoms with Crippen LogP contribution in [0.3, 0.4) is 0 Å². The summed E-state index contributed by atoms with van der Waals surface area (Å²) in [6.45, 7) is 2.17. The Morgan fingerprint density at radius 1 is 0.941 bits per heavy atom. The predicted octanol–water partition coefficient (Wildman–Crippen LogP) is 3.84. The summed E-state index contributed by atoms with van der Waals surface area (Å²) in [6, 6.07) is 19.7. The van der Waals surface area contributed by atoms with Crippen LogP contribution in [0.2, 0.25) is 5.02 Å². The maximum Gasteiger partial charge on any atom is 0.345 e. The van der Waals surface area contributed by atoms with E-state index in [-0.39, 0.29) is 18.0 Å². The van der Waals surface area contributed by atoms with E-state index in [4.69, 9.17) is 21.1 Å². The zero-order chi connectivity index (χ0) is 24.3. The van der Waals surface area contributed by atoms with Gasteiger partial charge in [-0.05, 0) is 73.2 Å². The number of ether oxygens (including phenoxy) is 2. The Hall–Kier alpha value is -4.17. The van der Waals surface area contributed by atoms with Crippen molar-refractivity contribution in [3.8, 4) is 11.5 Å². The molecular weight excluding hydrogens is 458 g/mol. The summed E-state index contributed by atoms with van der Waals surface area (Å²) >= 11 is 6.00. The van der Waals surface area contributed by atoms with Gasteiger partial charge >= 0.3 is 5.97 Å². The van der Waals surface area contributed by atoms with Gasteiger partial charge in [0.2, 0.25) is 0 Å². The maximum absolute atomic E-state index is 12.2. The van der Waals surface area contributed by atoms with Crippen molar-refractivity contribution in [2.75, 3.05) is 13.2 Å². The summed E-state index contributed by atoms with van der Waals surface area (Å²) in [4.78, 5) is 36.2. The minimum absolute atomic E-state index is 0.236. The second kappa shape index (κ2) is 12.2. The van der Waals surface area contributed by atoms with Gasteiger partial charge in [0.15, 0.2) is 0 Å². The molecule has 0 fully saturated rings. The molecule has 0 spiro atoms. The zero-order valence-corrected chi connectivity index (χ0v) is 19.0. The zero-order valence-electron chi connectivity index (χ0n) is 18.3. The molecule has 0 radical (unpaired) electrons. The standard InChI is InChI=1S/C25H22ClN3O5/c1-2-33-19-13-9-18(10-14-19)24(31)27-16-23(30)29-28-15-17-7-11-20(12-8-17)34-25(32)21-5-3-4-6-22(21)26/h3-15H,2,16H2,1H3,(H,27,31)(H,29,30)/b28-15-. The molecule has 9 heteroatoms. The molecule has 0 saturated carbocycles. The average Bonchev–Trinajstić information content (AvgIpc) is 2.84. The number of hydrogen-bond acceptors (Lipinski definition) is 6. The minimum atomic E-state index is -0.563. The van der Waals surface area contributed by atoms with Crippen molar-refractivity contribution in [2.45, 2.75) is 6.92 Å². The van der Waals surface area contributed by atoms with Crippen molar-refractivity contribution >= 4 is 35.6 Å². The number of hydrogen-bond donors (Lipinski definition) is 2. The van der Waals surface area contributed by atoms with Crippen LogP contribution in [0.15, 0.2) is 77.9 Å². The first-order valence-corrected chi connectivity index (χ1v) is 10.7. The molecule has 0 bridgehead atoms. The van der Waals surface area contributed by atoms with E-state index in [0.717, 1.165) is 0 Å². The van der Waals surface area contributed by atoms with Gasteiger partial charge in [-0.15, -0.1) is 0 Å². The van der Waals surface area contributed by atoms with Crippen LogP contribution in [0, 0.1) is 0 Å². The fourth-order valence-corrected chi connectivity index (χ4v) is 2.97. The van der Waals surface area contributed by atoms with Crippen LogP contribution in [0.1, 0.15) is 33.2 Å². The van der Waals surface area contributed by atoms with Crippen molar-refractivity contribution in [2.24, 2.45) is 5.10 Å². The van der Waals surface area contributed by atoms with E-state index in [2.05, 4.69) is 15.8 Å². The van der Waals surface area contributed by atoms with Crippen LogP contribution in [0.4, 0.5) is 0 Å².